The molecule has 0 aliphatic heterocycles. The van der Waals surface area contributed by atoms with Crippen LogP contribution in [0.15, 0.2) is 29.6 Å². The predicted molar refractivity (Wildman–Crippen MR) is 78.0 cm³/mol. The van der Waals surface area contributed by atoms with Crippen LogP contribution in [0.1, 0.15) is 25.8 Å². The Morgan fingerprint density at radius 1 is 1.33 bits per heavy atom. The summed E-state index contributed by atoms with van der Waals surface area (Å²) in [6, 6.07) is 7.86. The maximum Gasteiger partial charge on any atom is 0.153 e. The van der Waals surface area contributed by atoms with Crippen molar-refractivity contribution in [3.05, 3.63) is 35.2 Å². The van der Waals surface area contributed by atoms with Crippen molar-refractivity contribution in [3.63, 3.8) is 0 Å². The monoisotopic (exact) mass is 261 g/mol. The summed E-state index contributed by atoms with van der Waals surface area (Å²) in [5.74, 6) is 0.607. The molecule has 0 radical (unpaired) electrons. The van der Waals surface area contributed by atoms with Crippen LogP contribution < -0.4 is 5.73 Å². The van der Waals surface area contributed by atoms with E-state index < -0.39 is 0 Å². The Kier molecular flexibility index (Phi) is 4.15. The molecule has 0 aliphatic rings. The highest BCUT2D eigenvalue weighted by Crippen LogP contribution is 2.26. The molecule has 2 aromatic rings. The fourth-order valence-corrected chi connectivity index (χ4v) is 3.09. The van der Waals surface area contributed by atoms with Gasteiger partial charge in [-0.25, -0.2) is 0 Å². The van der Waals surface area contributed by atoms with E-state index in [4.69, 9.17) is 5.73 Å². The van der Waals surface area contributed by atoms with Crippen molar-refractivity contribution in [2.24, 2.45) is 11.7 Å². The highest BCUT2D eigenvalue weighted by atomic mass is 32.1. The molecule has 18 heavy (non-hydrogen) atoms. The summed E-state index contributed by atoms with van der Waals surface area (Å²) in [5.41, 5.74) is 7.04. The summed E-state index contributed by atoms with van der Waals surface area (Å²) in [7, 11) is 0. The first-order chi connectivity index (χ1) is 8.58. The lowest BCUT2D eigenvalue weighted by Crippen LogP contribution is -2.33. The second kappa shape index (κ2) is 5.63. The second-order valence-electron chi connectivity index (χ2n) is 5.14. The smallest absolute Gasteiger partial charge is 0.153 e. The van der Waals surface area contributed by atoms with E-state index in [1.165, 1.54) is 10.1 Å². The molecular formula is C15H19NOS. The van der Waals surface area contributed by atoms with Gasteiger partial charge in [-0.15, -0.1) is 11.3 Å². The molecule has 0 fully saturated rings. The average molecular weight is 261 g/mol. The number of carbonyl (C=O) groups excluding carboxylic acids is 1. The van der Waals surface area contributed by atoms with Crippen LogP contribution >= 0.6 is 11.3 Å². The number of hydrogen-bond acceptors (Lipinski definition) is 3. The molecule has 1 unspecified atom stereocenters. The zero-order valence-corrected chi connectivity index (χ0v) is 11.7. The lowest BCUT2D eigenvalue weighted by atomic mass is 9.97. The summed E-state index contributed by atoms with van der Waals surface area (Å²) in [6.07, 6.45) is 1.22. The molecule has 0 saturated heterocycles. The molecule has 3 heteroatoms. The molecule has 0 saturated carbocycles. The Labute approximate surface area is 112 Å². The third kappa shape index (κ3) is 2.98. The van der Waals surface area contributed by atoms with E-state index in [2.05, 4.69) is 31.4 Å². The number of thiophene rings is 1. The predicted octanol–water partition coefficient (Wildman–Crippen LogP) is 3.39. The molecule has 1 aromatic carbocycles. The topological polar surface area (TPSA) is 43.1 Å². The van der Waals surface area contributed by atoms with Crippen molar-refractivity contribution in [1.29, 1.82) is 0 Å². The third-order valence-electron chi connectivity index (χ3n) is 3.06. The number of fused-ring (bicyclic) bond motifs is 1. The van der Waals surface area contributed by atoms with Gasteiger partial charge >= 0.3 is 0 Å². The van der Waals surface area contributed by atoms with E-state index in [0.717, 1.165) is 12.0 Å². The van der Waals surface area contributed by atoms with Gasteiger partial charge in [0, 0.05) is 11.1 Å². The van der Waals surface area contributed by atoms with Crippen LogP contribution in [0.2, 0.25) is 0 Å². The zero-order valence-electron chi connectivity index (χ0n) is 10.8. The minimum atomic E-state index is -0.330. The summed E-state index contributed by atoms with van der Waals surface area (Å²) >= 11 is 1.69. The molecule has 1 aromatic heterocycles. The van der Waals surface area contributed by atoms with E-state index in [-0.39, 0.29) is 11.8 Å². The first-order valence-electron chi connectivity index (χ1n) is 6.31. The Morgan fingerprint density at radius 3 is 2.78 bits per heavy atom. The SMILES string of the molecule is CC(C)CC(N)C(=O)Cc1csc2ccccc12. The van der Waals surface area contributed by atoms with Gasteiger partial charge in [-0.05, 0) is 34.7 Å². The maximum absolute atomic E-state index is 12.1. The van der Waals surface area contributed by atoms with Gasteiger partial charge in [-0.2, -0.15) is 0 Å². The molecule has 0 aliphatic carbocycles. The van der Waals surface area contributed by atoms with Gasteiger partial charge < -0.3 is 5.73 Å². The van der Waals surface area contributed by atoms with Crippen LogP contribution in [0.3, 0.4) is 0 Å². The van der Waals surface area contributed by atoms with Crippen LogP contribution in [0, 0.1) is 5.92 Å². The Balaban J connectivity index is 2.12. The van der Waals surface area contributed by atoms with Gasteiger partial charge in [0.1, 0.15) is 0 Å². The van der Waals surface area contributed by atoms with Crippen LogP contribution in [0.5, 0.6) is 0 Å². The van der Waals surface area contributed by atoms with Crippen molar-refractivity contribution in [2.45, 2.75) is 32.7 Å². The first-order valence-corrected chi connectivity index (χ1v) is 7.19. The fourth-order valence-electron chi connectivity index (χ4n) is 2.13. The van der Waals surface area contributed by atoms with Gasteiger partial charge in [0.2, 0.25) is 0 Å². The molecule has 1 heterocycles. The van der Waals surface area contributed by atoms with Gasteiger partial charge in [0.25, 0.3) is 0 Å². The number of ketones is 1. The lowest BCUT2D eigenvalue weighted by molar-refractivity contribution is -0.119. The molecule has 0 bridgehead atoms. The van der Waals surface area contributed by atoms with Gasteiger partial charge in [0.05, 0.1) is 6.04 Å². The standard InChI is InChI=1S/C15H19NOS/c1-10(2)7-13(16)14(17)8-11-9-18-15-6-4-3-5-12(11)15/h3-6,9-10,13H,7-8,16H2,1-2H3. The van der Waals surface area contributed by atoms with Crippen molar-refractivity contribution in [3.8, 4) is 0 Å². The van der Waals surface area contributed by atoms with Gasteiger partial charge in [-0.3, -0.25) is 4.79 Å². The van der Waals surface area contributed by atoms with Gasteiger partial charge in [-0.1, -0.05) is 32.0 Å². The number of rotatable bonds is 5. The minimum absolute atomic E-state index is 0.146. The van der Waals surface area contributed by atoms with E-state index >= 15 is 0 Å². The quantitative estimate of drug-likeness (QED) is 0.896. The van der Waals surface area contributed by atoms with Crippen molar-refractivity contribution in [1.82, 2.24) is 0 Å². The summed E-state index contributed by atoms with van der Waals surface area (Å²) < 4.78 is 1.23. The number of carbonyl (C=O) groups is 1. The molecule has 2 N–H and O–H groups in total. The summed E-state index contributed by atoms with van der Waals surface area (Å²) in [5, 5.41) is 3.26. The van der Waals surface area contributed by atoms with E-state index in [1.54, 1.807) is 11.3 Å². The van der Waals surface area contributed by atoms with Crippen molar-refractivity contribution >= 4 is 27.2 Å². The molecule has 2 rings (SSSR count). The van der Waals surface area contributed by atoms with Crippen LogP contribution in [-0.2, 0) is 11.2 Å². The largest absolute Gasteiger partial charge is 0.321 e. The highest BCUT2D eigenvalue weighted by molar-refractivity contribution is 7.17. The molecule has 0 spiro atoms. The molecule has 1 atom stereocenters. The maximum atomic E-state index is 12.1. The molecule has 0 amide bonds. The van der Waals surface area contributed by atoms with E-state index in [9.17, 15) is 4.79 Å². The molecular weight excluding hydrogens is 242 g/mol. The Bertz CT molecular complexity index is 544. The lowest BCUT2D eigenvalue weighted by Gasteiger charge is -2.12. The van der Waals surface area contributed by atoms with Crippen LogP contribution in [-0.4, -0.2) is 11.8 Å². The average Bonchev–Trinajstić information content (AvgIpc) is 2.72. The molecule has 96 valence electrons. The first kappa shape index (κ1) is 13.2. The fraction of sp³-hybridized carbons (Fsp3) is 0.400. The number of benzene rings is 1. The van der Waals surface area contributed by atoms with Crippen molar-refractivity contribution in [2.75, 3.05) is 0 Å². The second-order valence-corrected chi connectivity index (χ2v) is 6.05. The van der Waals surface area contributed by atoms with E-state index in [1.807, 2.05) is 12.1 Å². The van der Waals surface area contributed by atoms with Gasteiger partial charge in [0.15, 0.2) is 5.78 Å². The normalized spacial score (nSPS) is 13.1. The van der Waals surface area contributed by atoms with Crippen molar-refractivity contribution < 1.29 is 4.79 Å². The van der Waals surface area contributed by atoms with Crippen LogP contribution in [0.25, 0.3) is 10.1 Å². The summed E-state index contributed by atoms with van der Waals surface area (Å²) in [6.45, 7) is 4.18. The van der Waals surface area contributed by atoms with E-state index in [0.29, 0.717) is 12.3 Å². The zero-order chi connectivity index (χ0) is 13.1. The Hall–Kier alpha value is -1.19. The number of Topliss-reactive ketones (excluding diaryl/α,β-unsaturated/α-hetero) is 1. The number of nitrogens with two attached hydrogens (primary N) is 1. The summed E-state index contributed by atoms with van der Waals surface area (Å²) in [4.78, 5) is 12.1. The third-order valence-corrected chi connectivity index (χ3v) is 4.08. The van der Waals surface area contributed by atoms with Crippen LogP contribution in [0.4, 0.5) is 0 Å². The Morgan fingerprint density at radius 2 is 2.06 bits per heavy atom. The minimum Gasteiger partial charge on any atom is -0.321 e. The highest BCUT2D eigenvalue weighted by Gasteiger charge is 2.16. The molecule has 2 nitrogen and oxygen atoms in total. The number of hydrogen-bond donors (Lipinski definition) is 1.